The molecule has 136 valence electrons. The van der Waals surface area contributed by atoms with Crippen LogP contribution in [0.2, 0.25) is 5.02 Å². The lowest BCUT2D eigenvalue weighted by Crippen LogP contribution is -2.14. The highest BCUT2D eigenvalue weighted by molar-refractivity contribution is 6.33. The zero-order valence-electron chi connectivity index (χ0n) is 14.3. The summed E-state index contributed by atoms with van der Waals surface area (Å²) in [6, 6.07) is 15.0. The fourth-order valence-corrected chi connectivity index (χ4v) is 2.44. The zero-order valence-corrected chi connectivity index (χ0v) is 15.0. The second-order valence-electron chi connectivity index (χ2n) is 5.42. The number of hydrogen-bond acceptors (Lipinski definition) is 6. The molecular formula is C19H15ClN4O3. The molecule has 0 fully saturated rings. The highest BCUT2D eigenvalue weighted by atomic mass is 35.5. The molecule has 0 atom stereocenters. The monoisotopic (exact) mass is 382 g/mol. The quantitative estimate of drug-likeness (QED) is 0.650. The molecule has 7 nitrogen and oxygen atoms in total. The Hall–Kier alpha value is -3.45. The van der Waals surface area contributed by atoms with Crippen molar-refractivity contribution in [3.63, 3.8) is 0 Å². The summed E-state index contributed by atoms with van der Waals surface area (Å²) in [5.74, 6) is -0.423. The maximum atomic E-state index is 12.4. The predicted octanol–water partition coefficient (Wildman–Crippen LogP) is 3.91. The average Bonchev–Trinajstić information content (AvgIpc) is 2.70. The highest BCUT2D eigenvalue weighted by Gasteiger charge is 2.11. The van der Waals surface area contributed by atoms with Crippen molar-refractivity contribution in [1.29, 1.82) is 0 Å². The number of para-hydroxylation sites is 1. The molecule has 8 heteroatoms. The molecule has 27 heavy (non-hydrogen) atoms. The summed E-state index contributed by atoms with van der Waals surface area (Å²) in [6.45, 7) is 0. The first kappa shape index (κ1) is 18.3. The lowest BCUT2D eigenvalue weighted by atomic mass is 10.2. The molecule has 0 bridgehead atoms. The Labute approximate surface area is 160 Å². The number of halogens is 1. The molecule has 3 aromatic rings. The molecule has 2 aromatic carbocycles. The molecule has 1 aromatic heterocycles. The smallest absolute Gasteiger partial charge is 0.337 e. The molecule has 0 aliphatic carbocycles. The van der Waals surface area contributed by atoms with Crippen molar-refractivity contribution in [3.05, 3.63) is 77.2 Å². The molecule has 0 aliphatic rings. The number of carbonyl (C=O) groups is 2. The summed E-state index contributed by atoms with van der Waals surface area (Å²) in [5, 5.41) is 6.29. The number of aromatic nitrogens is 2. The second-order valence-corrected chi connectivity index (χ2v) is 5.82. The van der Waals surface area contributed by atoms with Crippen molar-refractivity contribution >= 4 is 40.7 Å². The second kappa shape index (κ2) is 8.29. The number of amides is 1. The van der Waals surface area contributed by atoms with Crippen LogP contribution in [0.5, 0.6) is 0 Å². The van der Waals surface area contributed by atoms with Crippen LogP contribution < -0.4 is 10.6 Å². The van der Waals surface area contributed by atoms with Gasteiger partial charge in [-0.1, -0.05) is 23.7 Å². The number of methoxy groups -OCH3 is 1. The minimum absolute atomic E-state index is 0.177. The number of rotatable bonds is 5. The summed E-state index contributed by atoms with van der Waals surface area (Å²) in [7, 11) is 1.31. The molecule has 2 N–H and O–H groups in total. The first-order valence-corrected chi connectivity index (χ1v) is 8.28. The summed E-state index contributed by atoms with van der Waals surface area (Å²) in [6.07, 6.45) is 1.29. The van der Waals surface area contributed by atoms with Gasteiger partial charge in [0.2, 0.25) is 0 Å². The van der Waals surface area contributed by atoms with Gasteiger partial charge >= 0.3 is 5.97 Å². The van der Waals surface area contributed by atoms with Gasteiger partial charge in [0.05, 0.1) is 23.4 Å². The van der Waals surface area contributed by atoms with Gasteiger partial charge in [0.25, 0.3) is 5.91 Å². The third kappa shape index (κ3) is 4.59. The van der Waals surface area contributed by atoms with Crippen molar-refractivity contribution in [2.45, 2.75) is 0 Å². The van der Waals surface area contributed by atoms with Crippen LogP contribution in [-0.2, 0) is 4.74 Å². The van der Waals surface area contributed by atoms with Gasteiger partial charge in [-0.3, -0.25) is 4.79 Å². The van der Waals surface area contributed by atoms with Crippen LogP contribution in [0.4, 0.5) is 17.2 Å². The van der Waals surface area contributed by atoms with E-state index < -0.39 is 11.9 Å². The van der Waals surface area contributed by atoms with E-state index in [2.05, 4.69) is 25.3 Å². The van der Waals surface area contributed by atoms with E-state index in [0.29, 0.717) is 27.8 Å². The number of anilines is 3. The minimum Gasteiger partial charge on any atom is -0.465 e. The van der Waals surface area contributed by atoms with Crippen molar-refractivity contribution < 1.29 is 14.3 Å². The van der Waals surface area contributed by atoms with Crippen LogP contribution in [0.15, 0.2) is 60.9 Å². The van der Waals surface area contributed by atoms with E-state index in [-0.39, 0.29) is 5.69 Å². The molecule has 1 heterocycles. The van der Waals surface area contributed by atoms with Gasteiger partial charge in [0.1, 0.15) is 17.8 Å². The van der Waals surface area contributed by atoms with Crippen LogP contribution in [0, 0.1) is 0 Å². The maximum Gasteiger partial charge on any atom is 0.337 e. The van der Waals surface area contributed by atoms with E-state index in [1.165, 1.54) is 19.5 Å². The molecular weight excluding hydrogens is 368 g/mol. The van der Waals surface area contributed by atoms with E-state index >= 15 is 0 Å². The van der Waals surface area contributed by atoms with Crippen molar-refractivity contribution in [1.82, 2.24) is 9.97 Å². The first-order chi connectivity index (χ1) is 13.1. The van der Waals surface area contributed by atoms with Gasteiger partial charge in [0, 0.05) is 11.8 Å². The van der Waals surface area contributed by atoms with Crippen molar-refractivity contribution in [2.24, 2.45) is 0 Å². The lowest BCUT2D eigenvalue weighted by Gasteiger charge is -2.09. The molecule has 0 radical (unpaired) electrons. The molecule has 0 saturated carbocycles. The Balaban J connectivity index is 1.72. The minimum atomic E-state index is -0.445. The third-order valence-corrected chi connectivity index (χ3v) is 3.93. The summed E-state index contributed by atoms with van der Waals surface area (Å²) in [5.41, 5.74) is 1.76. The van der Waals surface area contributed by atoms with Gasteiger partial charge in [-0.05, 0) is 36.4 Å². The summed E-state index contributed by atoms with van der Waals surface area (Å²) in [4.78, 5) is 31.9. The van der Waals surface area contributed by atoms with E-state index in [0.717, 1.165) is 0 Å². The number of ether oxygens (including phenoxy) is 1. The largest absolute Gasteiger partial charge is 0.465 e. The van der Waals surface area contributed by atoms with E-state index in [1.54, 1.807) is 36.4 Å². The Kier molecular flexibility index (Phi) is 5.63. The summed E-state index contributed by atoms with van der Waals surface area (Å²) < 4.78 is 4.64. The van der Waals surface area contributed by atoms with E-state index in [4.69, 9.17) is 11.6 Å². The zero-order chi connectivity index (χ0) is 19.2. The van der Waals surface area contributed by atoms with Crippen LogP contribution in [0.25, 0.3) is 0 Å². The predicted molar refractivity (Wildman–Crippen MR) is 103 cm³/mol. The standard InChI is InChI=1S/C19H15ClN4O3/c1-27-19(26)12-6-8-13(9-7-12)23-18(25)16-10-17(22-11-21-16)24-15-5-3-2-4-14(15)20/h2-11H,1H3,(H,23,25)(H,21,22,24). The first-order valence-electron chi connectivity index (χ1n) is 7.90. The molecule has 0 unspecified atom stereocenters. The molecule has 0 aliphatic heterocycles. The SMILES string of the molecule is COC(=O)c1ccc(NC(=O)c2cc(Nc3ccccc3Cl)ncn2)cc1. The van der Waals surface area contributed by atoms with Gasteiger partial charge in [-0.15, -0.1) is 0 Å². The number of hydrogen-bond donors (Lipinski definition) is 2. The Bertz CT molecular complexity index is 977. The number of nitrogens with one attached hydrogen (secondary N) is 2. The van der Waals surface area contributed by atoms with E-state index in [9.17, 15) is 9.59 Å². The van der Waals surface area contributed by atoms with Crippen LogP contribution in [-0.4, -0.2) is 29.0 Å². The summed E-state index contributed by atoms with van der Waals surface area (Å²) >= 11 is 6.11. The van der Waals surface area contributed by atoms with Crippen molar-refractivity contribution in [2.75, 3.05) is 17.7 Å². The normalized spacial score (nSPS) is 10.1. The highest BCUT2D eigenvalue weighted by Crippen LogP contribution is 2.24. The Morgan fingerprint density at radius 1 is 1.04 bits per heavy atom. The fourth-order valence-electron chi connectivity index (χ4n) is 2.25. The fraction of sp³-hybridized carbons (Fsp3) is 0.0526. The topological polar surface area (TPSA) is 93.2 Å². The number of benzene rings is 2. The molecule has 0 spiro atoms. The number of carbonyl (C=O) groups excluding carboxylic acids is 2. The van der Waals surface area contributed by atoms with Gasteiger partial charge in [-0.2, -0.15) is 0 Å². The Morgan fingerprint density at radius 2 is 1.78 bits per heavy atom. The number of esters is 1. The Morgan fingerprint density at radius 3 is 2.48 bits per heavy atom. The van der Waals surface area contributed by atoms with Crippen LogP contribution in [0.3, 0.4) is 0 Å². The lowest BCUT2D eigenvalue weighted by molar-refractivity contribution is 0.0600. The third-order valence-electron chi connectivity index (χ3n) is 3.60. The maximum absolute atomic E-state index is 12.4. The van der Waals surface area contributed by atoms with Crippen LogP contribution in [0.1, 0.15) is 20.8 Å². The van der Waals surface area contributed by atoms with Gasteiger partial charge in [-0.25, -0.2) is 14.8 Å². The van der Waals surface area contributed by atoms with Gasteiger partial charge in [0.15, 0.2) is 0 Å². The molecule has 1 amide bonds. The molecule has 3 rings (SSSR count). The van der Waals surface area contributed by atoms with Crippen LogP contribution >= 0.6 is 11.6 Å². The average molecular weight is 383 g/mol. The van der Waals surface area contributed by atoms with Crippen molar-refractivity contribution in [3.8, 4) is 0 Å². The number of nitrogens with zero attached hydrogens (tertiary/aromatic N) is 2. The molecule has 0 saturated heterocycles. The van der Waals surface area contributed by atoms with Gasteiger partial charge < -0.3 is 15.4 Å². The van der Waals surface area contributed by atoms with E-state index in [1.807, 2.05) is 12.1 Å².